The fourth-order valence-corrected chi connectivity index (χ4v) is 8.46. The molecule has 11 rings (SSSR count). The summed E-state index contributed by atoms with van der Waals surface area (Å²) in [4.78, 5) is 15.8. The van der Waals surface area contributed by atoms with Crippen molar-refractivity contribution in [3.63, 3.8) is 0 Å². The highest BCUT2D eigenvalue weighted by atomic mass is 15.1. The van der Waals surface area contributed by atoms with Crippen molar-refractivity contribution in [2.24, 2.45) is 0 Å². The van der Waals surface area contributed by atoms with E-state index in [0.717, 1.165) is 55.7 Å². The molecule has 0 saturated carbocycles. The van der Waals surface area contributed by atoms with Crippen LogP contribution >= 0.6 is 0 Å². The van der Waals surface area contributed by atoms with Crippen molar-refractivity contribution in [1.82, 2.24) is 19.5 Å². The first-order chi connectivity index (χ1) is 30.2. The van der Waals surface area contributed by atoms with Crippen LogP contribution in [-0.4, -0.2) is 19.5 Å². The van der Waals surface area contributed by atoms with E-state index in [1.165, 1.54) is 33.0 Å². The topological polar surface area (TPSA) is 43.6 Å². The van der Waals surface area contributed by atoms with Gasteiger partial charge in [0.15, 0.2) is 17.5 Å². The second-order valence-electron chi connectivity index (χ2n) is 15.2. The summed E-state index contributed by atoms with van der Waals surface area (Å²) in [6.07, 6.45) is 0. The SMILES string of the molecule is c1ccc(-c2cccc(-c3cccc(-c4nc(-c5ccccc5)nc(-c5ccc(-c6cccc(-c7ccccc7)c6)cc5-n5c6ccccc6c6ccccc65)n4)c3)c2)cc1. The highest BCUT2D eigenvalue weighted by Crippen LogP contribution is 2.39. The van der Waals surface area contributed by atoms with Gasteiger partial charge in [0, 0.05) is 27.5 Å². The smallest absolute Gasteiger partial charge is 0.166 e. The largest absolute Gasteiger partial charge is 0.308 e. The molecule has 0 fully saturated rings. The number of fused-ring (bicyclic) bond motifs is 3. The molecule has 61 heavy (non-hydrogen) atoms. The first-order valence-electron chi connectivity index (χ1n) is 20.6. The third kappa shape index (κ3) is 6.86. The van der Waals surface area contributed by atoms with Crippen LogP contribution in [0.4, 0.5) is 0 Å². The molecule has 0 unspecified atom stereocenters. The number of aromatic nitrogens is 4. The molecule has 0 amide bonds. The molecule has 0 aliphatic carbocycles. The van der Waals surface area contributed by atoms with Gasteiger partial charge in [0.1, 0.15) is 0 Å². The van der Waals surface area contributed by atoms with Crippen LogP contribution in [0.3, 0.4) is 0 Å². The van der Waals surface area contributed by atoms with E-state index in [1.807, 2.05) is 18.2 Å². The average Bonchev–Trinajstić information content (AvgIpc) is 3.69. The molecule has 4 heteroatoms. The standard InChI is InChI=1S/C57H38N4/c1-4-17-39(18-5-1)42-23-14-25-44(35-42)46-27-16-28-48(37-46)56-58-55(41-21-8-3-9-22-41)59-57(60-56)51-34-33-47(45-26-15-24-43(36-45)40-19-6-2-7-20-40)38-54(51)61-52-31-12-10-29-49(52)50-30-11-13-32-53(50)61/h1-38H. The van der Waals surface area contributed by atoms with Gasteiger partial charge in [0.2, 0.25) is 0 Å². The first kappa shape index (κ1) is 35.9. The molecule has 11 aromatic rings. The number of hydrogen-bond acceptors (Lipinski definition) is 3. The van der Waals surface area contributed by atoms with Crippen molar-refractivity contribution in [3.05, 3.63) is 231 Å². The summed E-state index contributed by atoms with van der Waals surface area (Å²) in [5.74, 6) is 1.82. The van der Waals surface area contributed by atoms with Crippen molar-refractivity contribution in [1.29, 1.82) is 0 Å². The van der Waals surface area contributed by atoms with Crippen LogP contribution < -0.4 is 0 Å². The van der Waals surface area contributed by atoms with Gasteiger partial charge in [-0.05, 0) is 87.0 Å². The molecule has 2 aromatic heterocycles. The Kier molecular flexibility index (Phi) is 9.14. The molecule has 0 bridgehead atoms. The predicted molar refractivity (Wildman–Crippen MR) is 252 cm³/mol. The van der Waals surface area contributed by atoms with Crippen LogP contribution in [0.25, 0.3) is 106 Å². The normalized spacial score (nSPS) is 11.3. The third-order valence-electron chi connectivity index (χ3n) is 11.5. The summed E-state index contributed by atoms with van der Waals surface area (Å²) >= 11 is 0. The van der Waals surface area contributed by atoms with Gasteiger partial charge in [-0.3, -0.25) is 0 Å². The highest BCUT2D eigenvalue weighted by Gasteiger charge is 2.20. The van der Waals surface area contributed by atoms with Gasteiger partial charge in [-0.15, -0.1) is 0 Å². The molecular formula is C57H38N4. The minimum absolute atomic E-state index is 0.599. The van der Waals surface area contributed by atoms with Crippen molar-refractivity contribution in [2.75, 3.05) is 0 Å². The summed E-state index contributed by atoms with van der Waals surface area (Å²) in [7, 11) is 0. The maximum Gasteiger partial charge on any atom is 0.166 e. The lowest BCUT2D eigenvalue weighted by atomic mass is 9.97. The molecule has 0 radical (unpaired) electrons. The van der Waals surface area contributed by atoms with E-state index in [0.29, 0.717) is 17.5 Å². The molecule has 0 atom stereocenters. The van der Waals surface area contributed by atoms with Gasteiger partial charge in [0.05, 0.1) is 16.7 Å². The fraction of sp³-hybridized carbons (Fsp3) is 0. The molecule has 4 nitrogen and oxygen atoms in total. The van der Waals surface area contributed by atoms with Gasteiger partial charge in [-0.2, -0.15) is 0 Å². The van der Waals surface area contributed by atoms with Gasteiger partial charge >= 0.3 is 0 Å². The lowest BCUT2D eigenvalue weighted by Crippen LogP contribution is -2.04. The van der Waals surface area contributed by atoms with Crippen LogP contribution in [0.15, 0.2) is 231 Å². The molecule has 9 aromatic carbocycles. The predicted octanol–water partition coefficient (Wildman–Crippen LogP) is 14.6. The highest BCUT2D eigenvalue weighted by molar-refractivity contribution is 6.09. The maximum absolute atomic E-state index is 5.35. The van der Waals surface area contributed by atoms with Crippen molar-refractivity contribution in [3.8, 4) is 84.4 Å². The van der Waals surface area contributed by atoms with Crippen molar-refractivity contribution >= 4 is 21.8 Å². The Balaban J connectivity index is 1.12. The average molecular weight is 779 g/mol. The molecule has 0 saturated heterocycles. The van der Waals surface area contributed by atoms with E-state index >= 15 is 0 Å². The fourth-order valence-electron chi connectivity index (χ4n) is 8.46. The molecular weight excluding hydrogens is 741 g/mol. The molecule has 0 spiro atoms. The van der Waals surface area contributed by atoms with Crippen LogP contribution in [0.2, 0.25) is 0 Å². The van der Waals surface area contributed by atoms with Gasteiger partial charge in [0.25, 0.3) is 0 Å². The zero-order chi connectivity index (χ0) is 40.5. The quantitative estimate of drug-likeness (QED) is 0.154. The Labute approximate surface area is 354 Å². The Hall–Kier alpha value is -8.21. The summed E-state index contributed by atoms with van der Waals surface area (Å²) in [6, 6.07) is 81.2. The number of rotatable bonds is 8. The van der Waals surface area contributed by atoms with Gasteiger partial charge < -0.3 is 4.57 Å². The number of hydrogen-bond donors (Lipinski definition) is 0. The van der Waals surface area contributed by atoms with E-state index in [1.54, 1.807) is 0 Å². The number of nitrogens with zero attached hydrogens (tertiary/aromatic N) is 4. The minimum atomic E-state index is 0.599. The number of para-hydroxylation sites is 2. The molecule has 0 aliphatic heterocycles. The second kappa shape index (κ2) is 15.5. The summed E-state index contributed by atoms with van der Waals surface area (Å²) in [6.45, 7) is 0. The van der Waals surface area contributed by atoms with E-state index in [2.05, 4.69) is 217 Å². The van der Waals surface area contributed by atoms with E-state index in [9.17, 15) is 0 Å². The van der Waals surface area contributed by atoms with Gasteiger partial charge in [-0.1, -0.05) is 188 Å². The summed E-state index contributed by atoms with van der Waals surface area (Å²) in [5.41, 5.74) is 15.1. The second-order valence-corrected chi connectivity index (χ2v) is 15.2. The van der Waals surface area contributed by atoms with Crippen molar-refractivity contribution < 1.29 is 0 Å². The molecule has 286 valence electrons. The number of benzene rings is 9. The third-order valence-corrected chi connectivity index (χ3v) is 11.5. The Morgan fingerprint density at radius 3 is 1.13 bits per heavy atom. The zero-order valence-corrected chi connectivity index (χ0v) is 33.2. The van der Waals surface area contributed by atoms with Crippen molar-refractivity contribution in [2.45, 2.75) is 0 Å². The van der Waals surface area contributed by atoms with Crippen LogP contribution in [0.1, 0.15) is 0 Å². The van der Waals surface area contributed by atoms with E-state index in [4.69, 9.17) is 15.0 Å². The van der Waals surface area contributed by atoms with Crippen LogP contribution in [0, 0.1) is 0 Å². The minimum Gasteiger partial charge on any atom is -0.308 e. The molecule has 2 heterocycles. The van der Waals surface area contributed by atoms with E-state index < -0.39 is 0 Å². The lowest BCUT2D eigenvalue weighted by molar-refractivity contribution is 1.06. The summed E-state index contributed by atoms with van der Waals surface area (Å²) in [5, 5.41) is 2.38. The maximum atomic E-state index is 5.35. The monoisotopic (exact) mass is 778 g/mol. The lowest BCUT2D eigenvalue weighted by Gasteiger charge is -2.17. The Morgan fingerprint density at radius 2 is 0.607 bits per heavy atom. The van der Waals surface area contributed by atoms with Crippen LogP contribution in [-0.2, 0) is 0 Å². The first-order valence-corrected chi connectivity index (χ1v) is 20.6. The zero-order valence-electron chi connectivity index (χ0n) is 33.2. The molecule has 0 N–H and O–H groups in total. The Morgan fingerprint density at radius 1 is 0.246 bits per heavy atom. The van der Waals surface area contributed by atoms with Gasteiger partial charge in [-0.25, -0.2) is 15.0 Å². The van der Waals surface area contributed by atoms with E-state index in [-0.39, 0.29) is 0 Å². The Bertz CT molecular complexity index is 3300. The summed E-state index contributed by atoms with van der Waals surface area (Å²) < 4.78 is 2.37. The van der Waals surface area contributed by atoms with Crippen LogP contribution in [0.5, 0.6) is 0 Å². The molecule has 0 aliphatic rings.